The zero-order valence-electron chi connectivity index (χ0n) is 19.6. The standard InChI is InChI=1S/C27H30N4O3/c1-20-9-11-21(12-10-20)19-28-27(29-23-6-3-5-22(17-23)26(32)33)31-15-13-30(14-16-31)24-7-4-8-25(18-24)34-2/h3-12,17-18H,13-16,19H2,1-2H3,(H,28,29)(H,32,33). The molecule has 0 spiro atoms. The van der Waals surface area contributed by atoms with E-state index in [-0.39, 0.29) is 5.56 Å². The van der Waals surface area contributed by atoms with Crippen molar-refractivity contribution in [2.24, 2.45) is 4.99 Å². The van der Waals surface area contributed by atoms with Gasteiger partial charge in [0.2, 0.25) is 0 Å². The molecule has 0 amide bonds. The van der Waals surface area contributed by atoms with Gasteiger partial charge >= 0.3 is 5.97 Å². The maximum absolute atomic E-state index is 11.4. The number of methoxy groups -OCH3 is 1. The third-order valence-electron chi connectivity index (χ3n) is 5.90. The average Bonchev–Trinajstić information content (AvgIpc) is 2.88. The van der Waals surface area contributed by atoms with Crippen LogP contribution in [0.2, 0.25) is 0 Å². The largest absolute Gasteiger partial charge is 0.497 e. The molecule has 4 rings (SSSR count). The van der Waals surface area contributed by atoms with E-state index in [0.717, 1.165) is 49.1 Å². The van der Waals surface area contributed by atoms with Crippen LogP contribution in [0.4, 0.5) is 11.4 Å². The summed E-state index contributed by atoms with van der Waals surface area (Å²) in [4.78, 5) is 20.9. The Morgan fingerprint density at radius 2 is 1.74 bits per heavy atom. The van der Waals surface area contributed by atoms with Crippen LogP contribution in [0, 0.1) is 6.92 Å². The highest BCUT2D eigenvalue weighted by Gasteiger charge is 2.21. The van der Waals surface area contributed by atoms with Crippen molar-refractivity contribution in [1.29, 1.82) is 0 Å². The molecule has 1 aliphatic heterocycles. The van der Waals surface area contributed by atoms with Gasteiger partial charge in [-0.1, -0.05) is 42.0 Å². The van der Waals surface area contributed by atoms with Gasteiger partial charge in [-0.2, -0.15) is 0 Å². The lowest BCUT2D eigenvalue weighted by Gasteiger charge is -2.38. The van der Waals surface area contributed by atoms with Crippen LogP contribution in [0.3, 0.4) is 0 Å². The molecule has 7 heteroatoms. The summed E-state index contributed by atoms with van der Waals surface area (Å²) in [6.07, 6.45) is 0. The van der Waals surface area contributed by atoms with Crippen molar-refractivity contribution in [2.45, 2.75) is 13.5 Å². The molecule has 2 N–H and O–H groups in total. The first kappa shape index (κ1) is 23.2. The summed E-state index contributed by atoms with van der Waals surface area (Å²) in [7, 11) is 1.68. The van der Waals surface area contributed by atoms with Crippen molar-refractivity contribution in [2.75, 3.05) is 43.5 Å². The second-order valence-electron chi connectivity index (χ2n) is 8.31. The topological polar surface area (TPSA) is 77.4 Å². The summed E-state index contributed by atoms with van der Waals surface area (Å²) in [6, 6.07) is 23.3. The van der Waals surface area contributed by atoms with Crippen molar-refractivity contribution in [1.82, 2.24) is 4.90 Å². The Balaban J connectivity index is 1.51. The van der Waals surface area contributed by atoms with E-state index in [4.69, 9.17) is 9.73 Å². The first-order chi connectivity index (χ1) is 16.5. The number of benzene rings is 3. The number of nitrogens with zero attached hydrogens (tertiary/aromatic N) is 3. The molecule has 1 aliphatic rings. The van der Waals surface area contributed by atoms with Gasteiger partial charge in [-0.15, -0.1) is 0 Å². The molecule has 176 valence electrons. The molecule has 1 saturated heterocycles. The molecule has 0 unspecified atom stereocenters. The molecule has 7 nitrogen and oxygen atoms in total. The number of aliphatic imine (C=N–C) groups is 1. The zero-order chi connectivity index (χ0) is 23.9. The lowest BCUT2D eigenvalue weighted by atomic mass is 10.1. The van der Waals surface area contributed by atoms with Crippen molar-refractivity contribution in [3.8, 4) is 5.75 Å². The van der Waals surface area contributed by atoms with Gasteiger partial charge in [0.1, 0.15) is 5.75 Å². The van der Waals surface area contributed by atoms with Crippen molar-refractivity contribution >= 4 is 23.3 Å². The first-order valence-corrected chi connectivity index (χ1v) is 11.4. The molecule has 0 atom stereocenters. The summed E-state index contributed by atoms with van der Waals surface area (Å²) in [5.41, 5.74) is 4.42. The fourth-order valence-electron chi connectivity index (χ4n) is 3.92. The second kappa shape index (κ2) is 10.7. The first-order valence-electron chi connectivity index (χ1n) is 11.4. The third-order valence-corrected chi connectivity index (χ3v) is 5.90. The number of anilines is 2. The minimum atomic E-state index is -0.950. The minimum Gasteiger partial charge on any atom is -0.497 e. The van der Waals surface area contributed by atoms with E-state index < -0.39 is 5.97 Å². The smallest absolute Gasteiger partial charge is 0.335 e. The van der Waals surface area contributed by atoms with E-state index in [9.17, 15) is 9.90 Å². The fourth-order valence-corrected chi connectivity index (χ4v) is 3.92. The molecule has 34 heavy (non-hydrogen) atoms. The van der Waals surface area contributed by atoms with Gasteiger partial charge in [-0.25, -0.2) is 9.79 Å². The van der Waals surface area contributed by atoms with E-state index in [2.05, 4.69) is 58.4 Å². The lowest BCUT2D eigenvalue weighted by molar-refractivity contribution is 0.0697. The molecule has 0 aliphatic carbocycles. The molecule has 3 aromatic rings. The molecule has 1 heterocycles. The number of carboxylic acid groups (broad SMARTS) is 1. The Bertz CT molecular complexity index is 1150. The van der Waals surface area contributed by atoms with Crippen molar-refractivity contribution in [3.05, 3.63) is 89.5 Å². The predicted molar refractivity (Wildman–Crippen MR) is 136 cm³/mol. The Kier molecular flexibility index (Phi) is 7.32. The number of ether oxygens (including phenoxy) is 1. The van der Waals surface area contributed by atoms with Crippen molar-refractivity contribution < 1.29 is 14.6 Å². The number of piperazine rings is 1. The van der Waals surface area contributed by atoms with Gasteiger partial charge in [0.25, 0.3) is 0 Å². The van der Waals surface area contributed by atoms with Crippen LogP contribution < -0.4 is 15.0 Å². The van der Waals surface area contributed by atoms with Crippen LogP contribution in [0.5, 0.6) is 5.75 Å². The van der Waals surface area contributed by atoms with E-state index in [1.807, 2.05) is 18.2 Å². The van der Waals surface area contributed by atoms with Gasteiger partial charge in [0, 0.05) is 43.6 Å². The van der Waals surface area contributed by atoms with Crippen LogP contribution in [0.15, 0.2) is 77.8 Å². The maximum atomic E-state index is 11.4. The number of carbonyl (C=O) groups is 1. The van der Waals surface area contributed by atoms with E-state index in [1.54, 1.807) is 25.3 Å². The maximum Gasteiger partial charge on any atom is 0.335 e. The third kappa shape index (κ3) is 5.86. The monoisotopic (exact) mass is 458 g/mol. The van der Waals surface area contributed by atoms with E-state index >= 15 is 0 Å². The number of nitrogens with one attached hydrogen (secondary N) is 1. The van der Waals surface area contributed by atoms with Gasteiger partial charge in [0.15, 0.2) is 5.96 Å². The van der Waals surface area contributed by atoms with Crippen LogP contribution in [0.1, 0.15) is 21.5 Å². The van der Waals surface area contributed by atoms with E-state index in [0.29, 0.717) is 12.2 Å². The average molecular weight is 459 g/mol. The number of aryl methyl sites for hydroxylation is 1. The highest BCUT2D eigenvalue weighted by atomic mass is 16.5. The summed E-state index contributed by atoms with van der Waals surface area (Å²) < 4.78 is 5.37. The second-order valence-corrected chi connectivity index (χ2v) is 8.31. The Morgan fingerprint density at radius 3 is 2.44 bits per heavy atom. The number of hydrogen-bond acceptors (Lipinski definition) is 4. The predicted octanol–water partition coefficient (Wildman–Crippen LogP) is 4.49. The molecular weight excluding hydrogens is 428 g/mol. The Labute approximate surface area is 200 Å². The molecular formula is C27H30N4O3. The quantitative estimate of drug-likeness (QED) is 0.419. The van der Waals surface area contributed by atoms with Crippen LogP contribution in [-0.4, -0.2) is 55.2 Å². The van der Waals surface area contributed by atoms with Crippen LogP contribution in [-0.2, 0) is 6.54 Å². The van der Waals surface area contributed by atoms with Crippen LogP contribution in [0.25, 0.3) is 0 Å². The SMILES string of the molecule is COc1cccc(N2CCN(C(=NCc3ccc(C)cc3)Nc3cccc(C(=O)O)c3)CC2)c1. The fraction of sp³-hybridized carbons (Fsp3) is 0.259. The lowest BCUT2D eigenvalue weighted by Crippen LogP contribution is -2.50. The van der Waals surface area contributed by atoms with Gasteiger partial charge < -0.3 is 25.0 Å². The number of hydrogen-bond donors (Lipinski definition) is 2. The molecule has 0 bridgehead atoms. The Morgan fingerprint density at radius 1 is 1.00 bits per heavy atom. The number of rotatable bonds is 6. The number of aromatic carboxylic acids is 1. The summed E-state index contributed by atoms with van der Waals surface area (Å²) in [5, 5.41) is 12.7. The highest BCUT2D eigenvalue weighted by Crippen LogP contribution is 2.22. The normalized spacial score (nSPS) is 14.1. The highest BCUT2D eigenvalue weighted by molar-refractivity contribution is 5.96. The van der Waals surface area contributed by atoms with Gasteiger partial charge in [-0.3, -0.25) is 0 Å². The number of guanidine groups is 1. The number of carboxylic acids is 1. The molecule has 1 fully saturated rings. The van der Waals surface area contributed by atoms with Crippen molar-refractivity contribution in [3.63, 3.8) is 0 Å². The molecule has 3 aromatic carbocycles. The summed E-state index contributed by atoms with van der Waals surface area (Å²) >= 11 is 0. The van der Waals surface area contributed by atoms with Crippen LogP contribution >= 0.6 is 0 Å². The Hall–Kier alpha value is -4.00. The van der Waals surface area contributed by atoms with E-state index in [1.165, 1.54) is 5.56 Å². The minimum absolute atomic E-state index is 0.241. The summed E-state index contributed by atoms with van der Waals surface area (Å²) in [5.74, 6) is 0.641. The molecule has 0 saturated carbocycles. The molecule has 0 radical (unpaired) electrons. The summed E-state index contributed by atoms with van der Waals surface area (Å²) in [6.45, 7) is 5.86. The van der Waals surface area contributed by atoms with Gasteiger partial charge in [0.05, 0.1) is 19.2 Å². The van der Waals surface area contributed by atoms with Gasteiger partial charge in [-0.05, 0) is 42.8 Å². The zero-order valence-corrected chi connectivity index (χ0v) is 19.6. The molecule has 0 aromatic heterocycles.